The summed E-state index contributed by atoms with van der Waals surface area (Å²) in [6.07, 6.45) is 12.0. The number of imide groups is 1. The average Bonchev–Trinajstić information content (AvgIpc) is 1.53. The molecule has 5 aliphatic heterocycles. The molecule has 570 valence electrons. The van der Waals surface area contributed by atoms with Crippen LogP contribution in [-0.2, 0) is 54.4 Å². The van der Waals surface area contributed by atoms with Crippen LogP contribution in [0.5, 0.6) is 17.2 Å². The zero-order valence-corrected chi connectivity index (χ0v) is 63.4. The number of benzene rings is 4. The molecule has 3 aromatic carbocycles. The smallest absolute Gasteiger partial charge is 0.312 e. The minimum atomic E-state index is -2.12. The molecule has 0 radical (unpaired) electrons. The van der Waals surface area contributed by atoms with E-state index in [0.29, 0.717) is 72.0 Å². The van der Waals surface area contributed by atoms with Gasteiger partial charge in [0.15, 0.2) is 0 Å². The molecular formula is C78H100N10O17S. The van der Waals surface area contributed by atoms with Crippen LogP contribution in [0.25, 0.3) is 31.6 Å². The number of Topliss-reactive ketones (excluding diaryl/α,β-unsaturated/α-hetero) is 1. The summed E-state index contributed by atoms with van der Waals surface area (Å²) >= 11 is 1.14. The van der Waals surface area contributed by atoms with Crippen molar-refractivity contribution < 1.29 is 77.0 Å². The summed E-state index contributed by atoms with van der Waals surface area (Å²) in [5.41, 5.74) is 6.61. The maximum atomic E-state index is 15.5. The van der Waals surface area contributed by atoms with E-state index < -0.39 is 107 Å². The molecule has 27 nitrogen and oxygen atoms in total. The highest BCUT2D eigenvalue weighted by Gasteiger charge is 2.50. The van der Waals surface area contributed by atoms with Crippen molar-refractivity contribution in [2.45, 2.75) is 176 Å². The number of phenolic OH excluding ortho intramolecular Hbond substituents is 1. The topological polar surface area (TPSA) is 366 Å². The number of nitrogens with two attached hydrogens (primary N) is 1. The molecule has 0 spiro atoms. The molecule has 9 rings (SSSR count). The maximum absolute atomic E-state index is 15.5. The second-order valence-corrected chi connectivity index (χ2v) is 30.0. The fourth-order valence-corrected chi connectivity index (χ4v) is 15.3. The molecule has 1 saturated heterocycles. The van der Waals surface area contributed by atoms with Crippen LogP contribution in [0.4, 0.5) is 21.9 Å². The molecule has 6 aliphatic rings. The number of fused-ring (bicyclic) bond motifs is 2. The van der Waals surface area contributed by atoms with Crippen LogP contribution in [0.3, 0.4) is 0 Å². The van der Waals surface area contributed by atoms with E-state index in [1.807, 2.05) is 45.9 Å². The van der Waals surface area contributed by atoms with Gasteiger partial charge < -0.3 is 76.0 Å². The van der Waals surface area contributed by atoms with E-state index in [9.17, 15) is 48.6 Å². The van der Waals surface area contributed by atoms with Gasteiger partial charge in [-0.2, -0.15) is 0 Å². The zero-order valence-electron chi connectivity index (χ0n) is 62.5. The van der Waals surface area contributed by atoms with Crippen molar-refractivity contribution in [2.75, 3.05) is 62.9 Å². The van der Waals surface area contributed by atoms with Crippen molar-refractivity contribution in [1.29, 1.82) is 0 Å². The van der Waals surface area contributed by atoms with Gasteiger partial charge in [-0.1, -0.05) is 78.3 Å². The number of aliphatic hydroxyl groups excluding tert-OH is 1. The van der Waals surface area contributed by atoms with Crippen molar-refractivity contribution in [1.82, 2.24) is 30.7 Å². The number of hydrogen-bond donors (Lipinski definition) is 8. The quantitative estimate of drug-likeness (QED) is 0.00993. The summed E-state index contributed by atoms with van der Waals surface area (Å²) < 4.78 is 31.9. The number of urea groups is 1. The van der Waals surface area contributed by atoms with Gasteiger partial charge >= 0.3 is 17.8 Å². The van der Waals surface area contributed by atoms with E-state index in [2.05, 4.69) is 50.5 Å². The summed E-state index contributed by atoms with van der Waals surface area (Å²) in [7, 11) is 5.58. The van der Waals surface area contributed by atoms with Crippen molar-refractivity contribution in [2.24, 2.45) is 35.3 Å². The number of unbranched alkanes of at least 4 members (excludes halogenated alkanes) is 2. The van der Waals surface area contributed by atoms with Crippen LogP contribution in [0.15, 0.2) is 89.5 Å². The Kier molecular flexibility index (Phi) is 26.6. The molecule has 4 bridgehead atoms. The third-order valence-corrected chi connectivity index (χ3v) is 21.5. The van der Waals surface area contributed by atoms with Gasteiger partial charge in [-0.3, -0.25) is 48.1 Å². The molecule has 10 atom stereocenters. The number of ether oxygens (including phenoxy) is 5. The highest BCUT2D eigenvalue weighted by atomic mass is 32.1. The highest BCUT2D eigenvalue weighted by Crippen LogP contribution is 2.52. The van der Waals surface area contributed by atoms with Crippen LogP contribution in [0.2, 0.25) is 0 Å². The number of aliphatic hydroxyl groups is 1. The molecule has 5 heterocycles. The number of primary amides is 1. The van der Waals surface area contributed by atoms with Crippen molar-refractivity contribution in [3.05, 3.63) is 112 Å². The molecule has 28 heteroatoms. The fourth-order valence-electron chi connectivity index (χ4n) is 14.1. The number of nitrogens with zero attached hydrogens (tertiary/aromatic N) is 4. The lowest BCUT2D eigenvalue weighted by Gasteiger charge is -2.36. The number of aromatic nitrogens is 1. The molecule has 106 heavy (non-hydrogen) atoms. The van der Waals surface area contributed by atoms with Gasteiger partial charge in [0.05, 0.1) is 44.7 Å². The van der Waals surface area contributed by atoms with E-state index in [0.717, 1.165) is 34.8 Å². The monoisotopic (exact) mass is 1480 g/mol. The summed E-state index contributed by atoms with van der Waals surface area (Å²) in [5.74, 6) is -8.60. The Labute approximate surface area is 621 Å². The molecule has 1 aliphatic carbocycles. The maximum Gasteiger partial charge on any atom is 0.312 e. The Bertz CT molecular complexity index is 4300. The number of esters is 1. The van der Waals surface area contributed by atoms with Crippen LogP contribution in [0.1, 0.15) is 142 Å². The van der Waals surface area contributed by atoms with Crippen LogP contribution in [0, 0.1) is 36.5 Å². The van der Waals surface area contributed by atoms with Crippen LogP contribution >= 0.6 is 11.3 Å². The number of allylic oxidation sites excluding steroid dienone is 3. The first kappa shape index (κ1) is 80.3. The minimum Gasteiger partial charge on any atom is -0.507 e. The third-order valence-electron chi connectivity index (χ3n) is 20.4. The Balaban J connectivity index is 1.06. The largest absolute Gasteiger partial charge is 0.507 e. The predicted molar refractivity (Wildman–Crippen MR) is 403 cm³/mol. The number of phenols is 1. The molecule has 1 fully saturated rings. The van der Waals surface area contributed by atoms with Gasteiger partial charge in [0.2, 0.25) is 23.2 Å². The Morgan fingerprint density at radius 2 is 1.60 bits per heavy atom. The SMILES string of the molecule is CO[C@H]1/C=C/O[C@@]2(C)Oc3c(C)c(O)c4c(=O)c(c5sc6cc(N7CCC(N(C)C)CC7)cc(OCc7ccc(NC(=O)[C@H](CCCNC(N)=O)NC(=O)C(NC(=O)CCCCCN8C(=O)C=CC8=O)C(C)C)cc7)c6nc-5c4c3C2=O)NC(=O)/C(C)=C\C=C\[C@H](C)C[C@@H](C)[C@@H](O)[C@@H](C)[C@H](OC(C)=O)[C@@H]1C. The van der Waals surface area contributed by atoms with E-state index in [4.69, 9.17) is 34.4 Å². The van der Waals surface area contributed by atoms with Gasteiger partial charge in [-0.15, -0.1) is 11.3 Å². The molecule has 0 saturated carbocycles. The lowest BCUT2D eigenvalue weighted by Crippen LogP contribution is -2.54. The number of nitrogens with one attached hydrogen (secondary N) is 5. The van der Waals surface area contributed by atoms with Gasteiger partial charge in [0.1, 0.15) is 53.2 Å². The number of piperidine rings is 1. The van der Waals surface area contributed by atoms with E-state index >= 15 is 9.59 Å². The Morgan fingerprint density at radius 1 is 0.906 bits per heavy atom. The summed E-state index contributed by atoms with van der Waals surface area (Å²) in [4.78, 5) is 146. The number of carbonyl (C=O) groups excluding carboxylic acids is 9. The molecule has 3 aromatic rings. The second-order valence-electron chi connectivity index (χ2n) is 28.9. The number of anilines is 3. The first-order chi connectivity index (χ1) is 50.3. The third kappa shape index (κ3) is 18.7. The number of rotatable bonds is 23. The first-order valence-corrected chi connectivity index (χ1v) is 37.0. The molecule has 8 amide bonds. The molecule has 0 aromatic heterocycles. The summed E-state index contributed by atoms with van der Waals surface area (Å²) in [6.45, 7) is 18.5. The number of amides is 8. The lowest BCUT2D eigenvalue weighted by atomic mass is 9.79. The predicted octanol–water partition coefficient (Wildman–Crippen LogP) is 9.05. The van der Waals surface area contributed by atoms with E-state index in [1.54, 1.807) is 63.3 Å². The van der Waals surface area contributed by atoms with Crippen molar-refractivity contribution in [3.8, 4) is 27.8 Å². The lowest BCUT2D eigenvalue weighted by molar-refractivity contribution is -0.159. The number of hydrogen-bond acceptors (Lipinski definition) is 21. The van der Waals surface area contributed by atoms with Crippen molar-refractivity contribution in [3.63, 3.8) is 0 Å². The average molecular weight is 1480 g/mol. The second kappa shape index (κ2) is 35.1. The summed E-state index contributed by atoms with van der Waals surface area (Å²) in [6, 6.07) is 8.07. The van der Waals surface area contributed by atoms with Gasteiger partial charge in [-0.05, 0) is 120 Å². The number of methoxy groups -OCH3 is 1. The van der Waals surface area contributed by atoms with Crippen LogP contribution in [-0.4, -0.2) is 168 Å². The number of aromatic hydroxyl groups is 1. The number of carbonyl (C=O) groups is 9. The van der Waals surface area contributed by atoms with Crippen molar-refractivity contribution >= 4 is 103 Å². The number of ketones is 1. The Hall–Kier alpha value is -9.77. The molecule has 1 unspecified atom stereocenters. The van der Waals surface area contributed by atoms with Gasteiger partial charge in [0, 0.05) is 118 Å². The van der Waals surface area contributed by atoms with Gasteiger partial charge in [-0.25, -0.2) is 9.78 Å². The fraction of sp³-hybridized carbons (Fsp3) is 0.500. The molecular weight excluding hydrogens is 1380 g/mol. The zero-order chi connectivity index (χ0) is 77.2. The molecule has 9 N–H and O–H groups in total. The highest BCUT2D eigenvalue weighted by molar-refractivity contribution is 7.22. The summed E-state index contributed by atoms with van der Waals surface area (Å²) in [5, 5.41) is 37.7. The first-order valence-electron chi connectivity index (χ1n) is 36.2. The van der Waals surface area contributed by atoms with E-state index in [1.165, 1.54) is 46.3 Å². The van der Waals surface area contributed by atoms with E-state index in [-0.39, 0.29) is 112 Å². The normalized spacial score (nSPS) is 23.5. The Morgan fingerprint density at radius 3 is 2.25 bits per heavy atom. The standard InChI is InChI=1S/C78H100N10O17S/c1-41(2)63(83-57(90)22-15-14-16-33-88-58(91)27-28-59(88)92)76(99)82-53(21-18-32-80-77(79)100)75(98)81-50-25-23-49(24-26-50)40-102-55-38-52(87-34-29-51(30-35-87)86(11)12)39-56-64(55)84-65-60-61-68(94)47(8)71-62(60)73(96)78(10,105-71)103-36-31-54(101-13)45(6)70(104-48(9)89)46(7)67(93)44(5)37-42(3)19-17-20-43(4)74(97)85-66(69(61)95)72(65)106-56/h17,19-20,23-28,31,36,38-39,41-42,44-46,51,53-54,63,67,70,93-94H,14-16,18,21-22,29-30,32-35,37,40H2,1-13H3,(H,81,98)(H,82,99)(H,83,90)(H,85,97)(H3,79,80,100)/b19-17+,36-31+,43-20-/t42-,44+,45+,46+,53-,54-,63?,67+,70+,78-/m0/s1. The minimum absolute atomic E-state index is 0.0330. The van der Waals surface area contributed by atoms with Gasteiger partial charge in [0.25, 0.3) is 23.5 Å². The van der Waals surface area contributed by atoms with Crippen LogP contribution < -0.4 is 52.1 Å².